The van der Waals surface area contributed by atoms with Crippen LogP contribution in [0.2, 0.25) is 0 Å². The van der Waals surface area contributed by atoms with E-state index in [2.05, 4.69) is 55.3 Å². The van der Waals surface area contributed by atoms with Gasteiger partial charge in [0.15, 0.2) is 5.13 Å². The molecule has 4 nitrogen and oxygen atoms in total. The maximum Gasteiger partial charge on any atom is 0.227 e. The van der Waals surface area contributed by atoms with Crippen molar-refractivity contribution in [1.29, 1.82) is 0 Å². The van der Waals surface area contributed by atoms with Gasteiger partial charge in [0.2, 0.25) is 5.91 Å². The molecule has 0 radical (unpaired) electrons. The first-order chi connectivity index (χ1) is 10.5. The summed E-state index contributed by atoms with van der Waals surface area (Å²) in [4.78, 5) is 17.4. The lowest BCUT2D eigenvalue weighted by Crippen LogP contribution is -2.15. The molecule has 118 valence electrons. The first-order valence-corrected chi connectivity index (χ1v) is 8.46. The summed E-state index contributed by atoms with van der Waals surface area (Å²) in [7, 11) is 0. The predicted molar refractivity (Wildman–Crippen MR) is 93.3 cm³/mol. The number of anilines is 1. The van der Waals surface area contributed by atoms with Crippen LogP contribution in [0.4, 0.5) is 5.13 Å². The minimum atomic E-state index is -0.0828. The van der Waals surface area contributed by atoms with Gasteiger partial charge < -0.3 is 11.1 Å². The van der Waals surface area contributed by atoms with E-state index >= 15 is 0 Å². The van der Waals surface area contributed by atoms with E-state index in [-0.39, 0.29) is 5.91 Å². The number of benzene rings is 1. The molecular weight excluding hydrogens is 294 g/mol. The van der Waals surface area contributed by atoms with Gasteiger partial charge >= 0.3 is 0 Å². The summed E-state index contributed by atoms with van der Waals surface area (Å²) in [6.45, 7) is 6.81. The van der Waals surface area contributed by atoms with Crippen LogP contribution in [-0.2, 0) is 11.2 Å². The summed E-state index contributed by atoms with van der Waals surface area (Å²) in [5, 5.41) is 3.48. The molecule has 0 spiro atoms. The van der Waals surface area contributed by atoms with Gasteiger partial charge in [-0.1, -0.05) is 45.0 Å². The van der Waals surface area contributed by atoms with Gasteiger partial charge in [-0.3, -0.25) is 4.79 Å². The van der Waals surface area contributed by atoms with Crippen molar-refractivity contribution in [2.24, 2.45) is 5.73 Å². The maximum absolute atomic E-state index is 11.7. The van der Waals surface area contributed by atoms with Crippen LogP contribution < -0.4 is 11.1 Å². The van der Waals surface area contributed by atoms with Gasteiger partial charge in [-0.25, -0.2) is 4.98 Å². The summed E-state index contributed by atoms with van der Waals surface area (Å²) in [5.41, 5.74) is 8.77. The molecule has 1 heterocycles. The third-order valence-electron chi connectivity index (χ3n) is 3.49. The van der Waals surface area contributed by atoms with Crippen molar-refractivity contribution >= 4 is 22.4 Å². The van der Waals surface area contributed by atoms with Crippen molar-refractivity contribution in [2.45, 2.75) is 39.5 Å². The van der Waals surface area contributed by atoms with E-state index in [0.717, 1.165) is 17.7 Å². The highest BCUT2D eigenvalue weighted by Crippen LogP contribution is 2.32. The van der Waals surface area contributed by atoms with Crippen LogP contribution in [0.1, 0.15) is 43.6 Å². The second-order valence-electron chi connectivity index (χ2n) is 5.51. The molecule has 0 saturated carbocycles. The van der Waals surface area contributed by atoms with Gasteiger partial charge in [-0.15, -0.1) is 11.3 Å². The number of amides is 1. The van der Waals surface area contributed by atoms with E-state index in [9.17, 15) is 4.79 Å². The maximum atomic E-state index is 11.7. The van der Waals surface area contributed by atoms with Gasteiger partial charge in [0.25, 0.3) is 0 Å². The van der Waals surface area contributed by atoms with Crippen molar-refractivity contribution in [3.05, 3.63) is 34.7 Å². The van der Waals surface area contributed by atoms with Crippen LogP contribution in [0.3, 0.4) is 0 Å². The third-order valence-corrected chi connectivity index (χ3v) is 4.60. The number of nitrogens with two attached hydrogens (primary N) is 1. The molecule has 0 saturated heterocycles. The minimum absolute atomic E-state index is 0.0828. The van der Waals surface area contributed by atoms with E-state index in [0.29, 0.717) is 24.0 Å². The van der Waals surface area contributed by atoms with Gasteiger partial charge in [0.05, 0.1) is 5.69 Å². The van der Waals surface area contributed by atoms with Crippen molar-refractivity contribution in [3.8, 4) is 11.3 Å². The summed E-state index contributed by atoms with van der Waals surface area (Å²) in [6.07, 6.45) is 1.21. The number of nitrogens with zero attached hydrogens (tertiary/aromatic N) is 1. The molecule has 0 atom stereocenters. The molecule has 1 aromatic heterocycles. The van der Waals surface area contributed by atoms with Gasteiger partial charge in [-0.05, 0) is 17.9 Å². The summed E-state index contributed by atoms with van der Waals surface area (Å²) < 4.78 is 0. The average Bonchev–Trinajstić information content (AvgIpc) is 2.90. The zero-order valence-electron chi connectivity index (χ0n) is 13.3. The number of carbonyl (C=O) groups excluding carboxylic acids is 1. The molecule has 0 fully saturated rings. The number of carbonyl (C=O) groups is 1. The number of hydrogen-bond acceptors (Lipinski definition) is 4. The molecule has 0 aliphatic carbocycles. The number of thiazole rings is 1. The zero-order chi connectivity index (χ0) is 16.1. The topological polar surface area (TPSA) is 68.0 Å². The third kappa shape index (κ3) is 3.93. The van der Waals surface area contributed by atoms with Gasteiger partial charge in [0, 0.05) is 23.4 Å². The SMILES string of the molecule is CCc1sc(NC(=O)CCN)nc1-c1ccc(C(C)C)cc1. The Morgan fingerprint density at radius 2 is 2.00 bits per heavy atom. The Morgan fingerprint density at radius 3 is 2.55 bits per heavy atom. The van der Waals surface area contributed by atoms with Crippen molar-refractivity contribution < 1.29 is 4.79 Å². The number of aromatic nitrogens is 1. The van der Waals surface area contributed by atoms with E-state index in [1.54, 1.807) is 0 Å². The Balaban J connectivity index is 2.26. The molecule has 1 amide bonds. The Kier molecular flexibility index (Phi) is 5.69. The first-order valence-electron chi connectivity index (χ1n) is 7.65. The van der Waals surface area contributed by atoms with Gasteiger partial charge in [0.1, 0.15) is 0 Å². The molecule has 2 rings (SSSR count). The molecule has 0 bridgehead atoms. The lowest BCUT2D eigenvalue weighted by Gasteiger charge is -2.06. The van der Waals surface area contributed by atoms with E-state index in [4.69, 9.17) is 5.73 Å². The highest BCUT2D eigenvalue weighted by molar-refractivity contribution is 7.16. The van der Waals surface area contributed by atoms with Crippen LogP contribution in [0, 0.1) is 0 Å². The van der Waals surface area contributed by atoms with E-state index in [1.807, 2.05) is 0 Å². The Bertz CT molecular complexity index is 632. The standard InChI is InChI=1S/C17H23N3OS/c1-4-14-16(13-7-5-12(6-8-13)11(2)3)20-17(22-14)19-15(21)9-10-18/h5-8,11H,4,9-10,18H2,1-3H3,(H,19,20,21). The van der Waals surface area contributed by atoms with Crippen molar-refractivity contribution in [2.75, 3.05) is 11.9 Å². The van der Waals surface area contributed by atoms with Crippen LogP contribution in [0.25, 0.3) is 11.3 Å². The van der Waals surface area contributed by atoms with Crippen LogP contribution in [0.15, 0.2) is 24.3 Å². The van der Waals surface area contributed by atoms with Crippen molar-refractivity contribution in [1.82, 2.24) is 4.98 Å². The lowest BCUT2D eigenvalue weighted by molar-refractivity contribution is -0.116. The van der Waals surface area contributed by atoms with Crippen LogP contribution in [0.5, 0.6) is 0 Å². The fourth-order valence-electron chi connectivity index (χ4n) is 2.21. The van der Waals surface area contributed by atoms with E-state index < -0.39 is 0 Å². The monoisotopic (exact) mass is 317 g/mol. The number of aryl methyl sites for hydroxylation is 1. The molecule has 5 heteroatoms. The summed E-state index contributed by atoms with van der Waals surface area (Å²) in [5.74, 6) is 0.432. The summed E-state index contributed by atoms with van der Waals surface area (Å²) in [6, 6.07) is 8.50. The fourth-order valence-corrected chi connectivity index (χ4v) is 3.15. The van der Waals surface area contributed by atoms with Gasteiger partial charge in [-0.2, -0.15) is 0 Å². The molecule has 3 N–H and O–H groups in total. The number of hydrogen-bond donors (Lipinski definition) is 2. The molecule has 0 unspecified atom stereocenters. The molecule has 1 aromatic carbocycles. The second-order valence-corrected chi connectivity index (χ2v) is 6.59. The lowest BCUT2D eigenvalue weighted by atomic mass is 10.0. The smallest absolute Gasteiger partial charge is 0.227 e. The van der Waals surface area contributed by atoms with Crippen LogP contribution >= 0.6 is 11.3 Å². The largest absolute Gasteiger partial charge is 0.330 e. The number of nitrogens with one attached hydrogen (secondary N) is 1. The number of rotatable bonds is 6. The van der Waals surface area contributed by atoms with Crippen molar-refractivity contribution in [3.63, 3.8) is 0 Å². The normalized spacial score (nSPS) is 11.0. The average molecular weight is 317 g/mol. The molecule has 22 heavy (non-hydrogen) atoms. The first kappa shape index (κ1) is 16.6. The highest BCUT2D eigenvalue weighted by Gasteiger charge is 2.13. The van der Waals surface area contributed by atoms with Crippen LogP contribution in [-0.4, -0.2) is 17.4 Å². The Labute approximate surface area is 135 Å². The summed E-state index contributed by atoms with van der Waals surface area (Å²) >= 11 is 1.54. The molecule has 2 aromatic rings. The minimum Gasteiger partial charge on any atom is -0.330 e. The van der Waals surface area contributed by atoms with E-state index in [1.165, 1.54) is 21.8 Å². The fraction of sp³-hybridized carbons (Fsp3) is 0.412. The second kappa shape index (κ2) is 7.51. The molecule has 0 aliphatic rings. The molecular formula is C17H23N3OS. The zero-order valence-corrected chi connectivity index (χ0v) is 14.2. The Hall–Kier alpha value is -1.72. The molecule has 0 aliphatic heterocycles. The quantitative estimate of drug-likeness (QED) is 0.852. The Morgan fingerprint density at radius 1 is 1.32 bits per heavy atom. The highest BCUT2D eigenvalue weighted by atomic mass is 32.1. The predicted octanol–water partition coefficient (Wildman–Crippen LogP) is 3.78.